The minimum Gasteiger partial charge on any atom is -0.441 e. The topological polar surface area (TPSA) is 67.2 Å². The summed E-state index contributed by atoms with van der Waals surface area (Å²) in [6, 6.07) is 8.08. The first-order chi connectivity index (χ1) is 10.2. The molecule has 128 valence electrons. The van der Waals surface area contributed by atoms with Gasteiger partial charge in [-0.15, -0.1) is 24.8 Å². The van der Waals surface area contributed by atoms with Crippen LogP contribution in [-0.4, -0.2) is 31.0 Å². The van der Waals surface area contributed by atoms with Gasteiger partial charge in [-0.2, -0.15) is 0 Å². The number of aryl methyl sites for hydroxylation is 2. The number of amides is 1. The maximum atomic E-state index is 11.6. The van der Waals surface area contributed by atoms with Gasteiger partial charge in [0.05, 0.1) is 6.20 Å². The van der Waals surface area contributed by atoms with E-state index in [1.54, 1.807) is 6.20 Å². The van der Waals surface area contributed by atoms with E-state index in [-0.39, 0.29) is 30.7 Å². The Morgan fingerprint density at radius 1 is 1.17 bits per heavy atom. The van der Waals surface area contributed by atoms with E-state index < -0.39 is 0 Å². The van der Waals surface area contributed by atoms with E-state index in [0.717, 1.165) is 17.9 Å². The number of halogens is 2. The molecule has 2 aromatic rings. The van der Waals surface area contributed by atoms with Gasteiger partial charge in [-0.3, -0.25) is 4.79 Å². The molecule has 1 aromatic heterocycles. The van der Waals surface area contributed by atoms with Crippen molar-refractivity contribution in [3.63, 3.8) is 0 Å². The Kier molecular flexibility index (Phi) is 10.3. The van der Waals surface area contributed by atoms with Gasteiger partial charge in [0.25, 0.3) is 0 Å². The summed E-state index contributed by atoms with van der Waals surface area (Å²) in [6.45, 7) is 3.44. The average Bonchev–Trinajstić information content (AvgIpc) is 2.95. The first-order valence-electron chi connectivity index (χ1n) is 7.12. The van der Waals surface area contributed by atoms with E-state index >= 15 is 0 Å². The van der Waals surface area contributed by atoms with Crippen LogP contribution in [-0.2, 0) is 11.2 Å². The lowest BCUT2D eigenvalue weighted by Crippen LogP contribution is -2.30. The number of nitrogens with one attached hydrogen (secondary N) is 2. The molecule has 7 heteroatoms. The standard InChI is InChI=1S/C16H21N3O2.2ClH/c1-12-3-5-13(6-4-12)14-11-19-16(21-14)8-7-15(20)18-10-9-17-2;;/h3-6,11,17H,7-10H2,1-2H3,(H,18,20);2*1H. The molecule has 23 heavy (non-hydrogen) atoms. The van der Waals surface area contributed by atoms with Gasteiger partial charge >= 0.3 is 0 Å². The van der Waals surface area contributed by atoms with Gasteiger partial charge in [-0.25, -0.2) is 4.98 Å². The minimum atomic E-state index is 0. The van der Waals surface area contributed by atoms with Crippen LogP contribution in [0, 0.1) is 6.92 Å². The summed E-state index contributed by atoms with van der Waals surface area (Å²) >= 11 is 0. The molecule has 0 atom stereocenters. The van der Waals surface area contributed by atoms with Crippen LogP contribution in [0.3, 0.4) is 0 Å². The molecule has 0 saturated heterocycles. The molecular formula is C16H23Cl2N3O2. The Bertz CT molecular complexity index is 585. The van der Waals surface area contributed by atoms with Crippen LogP contribution in [0.2, 0.25) is 0 Å². The predicted octanol–water partition coefficient (Wildman–Crippen LogP) is 2.76. The van der Waals surface area contributed by atoms with Crippen molar-refractivity contribution in [1.82, 2.24) is 15.6 Å². The largest absolute Gasteiger partial charge is 0.441 e. The van der Waals surface area contributed by atoms with E-state index in [0.29, 0.717) is 25.3 Å². The Hall–Kier alpha value is -1.56. The lowest BCUT2D eigenvalue weighted by molar-refractivity contribution is -0.121. The number of hydrogen-bond donors (Lipinski definition) is 2. The molecule has 0 aliphatic carbocycles. The maximum absolute atomic E-state index is 11.6. The monoisotopic (exact) mass is 359 g/mol. The van der Waals surface area contributed by atoms with Gasteiger partial charge in [-0.05, 0) is 14.0 Å². The molecule has 2 N–H and O–H groups in total. The van der Waals surface area contributed by atoms with Crippen molar-refractivity contribution in [2.45, 2.75) is 19.8 Å². The van der Waals surface area contributed by atoms with Crippen LogP contribution >= 0.6 is 24.8 Å². The van der Waals surface area contributed by atoms with Crippen LogP contribution in [0.4, 0.5) is 0 Å². The zero-order valence-electron chi connectivity index (χ0n) is 13.3. The molecule has 1 heterocycles. The molecule has 1 amide bonds. The lowest BCUT2D eigenvalue weighted by atomic mass is 10.1. The summed E-state index contributed by atoms with van der Waals surface area (Å²) in [5.41, 5.74) is 2.20. The van der Waals surface area contributed by atoms with Gasteiger partial charge < -0.3 is 15.1 Å². The summed E-state index contributed by atoms with van der Waals surface area (Å²) in [5, 5.41) is 5.80. The number of benzene rings is 1. The number of rotatable bonds is 7. The third-order valence-corrected chi connectivity index (χ3v) is 3.15. The average molecular weight is 360 g/mol. The number of aromatic nitrogens is 1. The zero-order chi connectivity index (χ0) is 15.1. The summed E-state index contributed by atoms with van der Waals surface area (Å²) in [6.07, 6.45) is 2.60. The minimum absolute atomic E-state index is 0. The Morgan fingerprint density at radius 2 is 1.87 bits per heavy atom. The van der Waals surface area contributed by atoms with Crippen LogP contribution < -0.4 is 10.6 Å². The fourth-order valence-corrected chi connectivity index (χ4v) is 1.91. The number of oxazole rings is 1. The second-order valence-electron chi connectivity index (χ2n) is 4.94. The van der Waals surface area contributed by atoms with E-state index in [9.17, 15) is 4.79 Å². The van der Waals surface area contributed by atoms with Crippen LogP contribution in [0.25, 0.3) is 11.3 Å². The zero-order valence-corrected chi connectivity index (χ0v) is 14.9. The molecule has 2 rings (SSSR count). The normalized spacial score (nSPS) is 9.65. The van der Waals surface area contributed by atoms with Crippen molar-refractivity contribution in [3.05, 3.63) is 41.9 Å². The SMILES string of the molecule is CNCCNC(=O)CCc1ncc(-c2ccc(C)cc2)o1.Cl.Cl. The quantitative estimate of drug-likeness (QED) is 0.745. The number of nitrogens with zero attached hydrogens (tertiary/aromatic N) is 1. The van der Waals surface area contributed by atoms with Crippen molar-refractivity contribution in [1.29, 1.82) is 0 Å². The molecule has 0 radical (unpaired) electrons. The highest BCUT2D eigenvalue weighted by Gasteiger charge is 2.08. The molecule has 0 unspecified atom stereocenters. The summed E-state index contributed by atoms with van der Waals surface area (Å²) < 4.78 is 5.68. The highest BCUT2D eigenvalue weighted by Crippen LogP contribution is 2.21. The molecule has 0 fully saturated rings. The first kappa shape index (κ1) is 21.4. The lowest BCUT2D eigenvalue weighted by Gasteiger charge is -2.03. The highest BCUT2D eigenvalue weighted by atomic mass is 35.5. The van der Waals surface area contributed by atoms with Gasteiger partial charge in [0, 0.05) is 31.5 Å². The maximum Gasteiger partial charge on any atom is 0.220 e. The molecule has 0 aliphatic rings. The second-order valence-corrected chi connectivity index (χ2v) is 4.94. The number of hydrogen-bond acceptors (Lipinski definition) is 4. The summed E-state index contributed by atoms with van der Waals surface area (Å²) in [7, 11) is 1.85. The first-order valence-corrected chi connectivity index (χ1v) is 7.12. The highest BCUT2D eigenvalue weighted by molar-refractivity contribution is 5.85. The van der Waals surface area contributed by atoms with Crippen molar-refractivity contribution < 1.29 is 9.21 Å². The fourth-order valence-electron chi connectivity index (χ4n) is 1.91. The van der Waals surface area contributed by atoms with Gasteiger partial charge in [0.15, 0.2) is 11.7 Å². The molecule has 0 spiro atoms. The fraction of sp³-hybridized carbons (Fsp3) is 0.375. The number of carbonyl (C=O) groups is 1. The Labute approximate surface area is 149 Å². The van der Waals surface area contributed by atoms with E-state index in [1.165, 1.54) is 5.56 Å². The smallest absolute Gasteiger partial charge is 0.220 e. The van der Waals surface area contributed by atoms with Gasteiger partial charge in [-0.1, -0.05) is 29.8 Å². The van der Waals surface area contributed by atoms with Gasteiger partial charge in [0.1, 0.15) is 0 Å². The number of likely N-dealkylation sites (N-methyl/N-ethyl adjacent to an activating group) is 1. The molecule has 0 bridgehead atoms. The molecule has 0 aliphatic heterocycles. The molecular weight excluding hydrogens is 337 g/mol. The summed E-state index contributed by atoms with van der Waals surface area (Å²) in [4.78, 5) is 15.8. The van der Waals surface area contributed by atoms with Crippen molar-refractivity contribution in [2.24, 2.45) is 0 Å². The summed E-state index contributed by atoms with van der Waals surface area (Å²) in [5.74, 6) is 1.34. The van der Waals surface area contributed by atoms with Crippen molar-refractivity contribution in [3.8, 4) is 11.3 Å². The second kappa shape index (κ2) is 11.0. The van der Waals surface area contributed by atoms with Crippen molar-refractivity contribution >= 4 is 30.7 Å². The predicted molar refractivity (Wildman–Crippen MR) is 96.4 cm³/mol. The van der Waals surface area contributed by atoms with E-state index in [1.807, 2.05) is 38.2 Å². The third kappa shape index (κ3) is 7.03. The third-order valence-electron chi connectivity index (χ3n) is 3.15. The number of carbonyl (C=O) groups excluding carboxylic acids is 1. The Morgan fingerprint density at radius 3 is 2.52 bits per heavy atom. The van der Waals surface area contributed by atoms with Gasteiger partial charge in [0.2, 0.25) is 5.91 Å². The molecule has 5 nitrogen and oxygen atoms in total. The molecule has 0 saturated carbocycles. The van der Waals surface area contributed by atoms with Crippen molar-refractivity contribution in [2.75, 3.05) is 20.1 Å². The van der Waals surface area contributed by atoms with E-state index in [2.05, 4.69) is 15.6 Å². The van der Waals surface area contributed by atoms with Crippen LogP contribution in [0.1, 0.15) is 17.9 Å². The molecule has 1 aromatic carbocycles. The van der Waals surface area contributed by atoms with Crippen LogP contribution in [0.5, 0.6) is 0 Å². The van der Waals surface area contributed by atoms with E-state index in [4.69, 9.17) is 4.42 Å². The van der Waals surface area contributed by atoms with Crippen LogP contribution in [0.15, 0.2) is 34.9 Å². The Balaban J connectivity index is 0.00000242.